The van der Waals surface area contributed by atoms with Gasteiger partial charge in [0.05, 0.1) is 6.61 Å². The number of carbonyl (C=O) groups is 2. The Bertz CT molecular complexity index is 1070. The molecule has 1 aromatic heterocycles. The number of ether oxygens (including phenoxy) is 1. The second-order valence-corrected chi connectivity index (χ2v) is 9.43. The van der Waals surface area contributed by atoms with Crippen molar-refractivity contribution >= 4 is 17.6 Å². The molecule has 1 amide bonds. The van der Waals surface area contributed by atoms with Crippen molar-refractivity contribution in [3.63, 3.8) is 0 Å². The van der Waals surface area contributed by atoms with Crippen molar-refractivity contribution in [2.24, 2.45) is 11.8 Å². The van der Waals surface area contributed by atoms with Gasteiger partial charge in [-0.05, 0) is 62.1 Å². The molecule has 0 spiro atoms. The van der Waals surface area contributed by atoms with Gasteiger partial charge in [0.15, 0.2) is 5.69 Å². The molecule has 0 bridgehead atoms. The van der Waals surface area contributed by atoms with Gasteiger partial charge in [0.2, 0.25) is 5.91 Å². The molecule has 1 aromatic carbocycles. The average molecular weight is 437 g/mol. The Balaban J connectivity index is 1.28. The molecule has 1 saturated heterocycles. The van der Waals surface area contributed by atoms with Crippen molar-refractivity contribution in [3.05, 3.63) is 46.3 Å². The maximum absolute atomic E-state index is 13.1. The Labute approximate surface area is 189 Å². The Morgan fingerprint density at radius 2 is 1.91 bits per heavy atom. The van der Waals surface area contributed by atoms with E-state index in [-0.39, 0.29) is 18.4 Å². The second kappa shape index (κ2) is 7.94. The van der Waals surface area contributed by atoms with Crippen LogP contribution in [0.25, 0.3) is 0 Å². The maximum atomic E-state index is 13.1. The van der Waals surface area contributed by atoms with E-state index in [1.54, 1.807) is 11.6 Å². The minimum Gasteiger partial charge on any atom is -0.461 e. The van der Waals surface area contributed by atoms with Crippen molar-refractivity contribution in [2.75, 3.05) is 37.7 Å². The summed E-state index contributed by atoms with van der Waals surface area (Å²) in [5, 5.41) is 4.56. The number of benzene rings is 1. The lowest BCUT2D eigenvalue weighted by Gasteiger charge is -2.37. The number of rotatable bonds is 5. The van der Waals surface area contributed by atoms with E-state index >= 15 is 0 Å². The summed E-state index contributed by atoms with van der Waals surface area (Å²) < 4.78 is 7.02. The number of anilines is 1. The van der Waals surface area contributed by atoms with Crippen LogP contribution in [0.3, 0.4) is 0 Å². The number of carbonyl (C=O) groups excluding carboxylic acids is 2. The van der Waals surface area contributed by atoms with Gasteiger partial charge in [-0.3, -0.25) is 9.48 Å². The van der Waals surface area contributed by atoms with Gasteiger partial charge < -0.3 is 14.5 Å². The van der Waals surface area contributed by atoms with E-state index in [4.69, 9.17) is 4.74 Å². The van der Waals surface area contributed by atoms with Crippen LogP contribution in [0.4, 0.5) is 5.69 Å². The summed E-state index contributed by atoms with van der Waals surface area (Å²) in [5.41, 5.74) is 6.37. The van der Waals surface area contributed by atoms with E-state index < -0.39 is 0 Å². The molecular formula is C25H32N4O3. The van der Waals surface area contributed by atoms with Crippen LogP contribution in [0.5, 0.6) is 0 Å². The molecule has 3 aliphatic rings. The van der Waals surface area contributed by atoms with Crippen LogP contribution in [-0.2, 0) is 22.5 Å². The normalized spacial score (nSPS) is 23.7. The second-order valence-electron chi connectivity index (χ2n) is 9.43. The molecule has 170 valence electrons. The number of aryl methyl sites for hydroxylation is 1. The minimum atomic E-state index is -0.364. The van der Waals surface area contributed by atoms with Crippen LogP contribution in [0.15, 0.2) is 18.2 Å². The molecule has 0 N–H and O–H groups in total. The lowest BCUT2D eigenvalue weighted by molar-refractivity contribution is -0.132. The number of aromatic nitrogens is 2. The molecule has 2 fully saturated rings. The minimum absolute atomic E-state index is 0.0694. The number of piperazine rings is 1. The number of hydrogen-bond acceptors (Lipinski definition) is 5. The van der Waals surface area contributed by atoms with Crippen molar-refractivity contribution in [1.82, 2.24) is 14.7 Å². The molecule has 1 saturated carbocycles. The zero-order valence-electron chi connectivity index (χ0n) is 19.4. The van der Waals surface area contributed by atoms with Crippen LogP contribution in [0.1, 0.15) is 52.6 Å². The van der Waals surface area contributed by atoms with Gasteiger partial charge >= 0.3 is 5.97 Å². The van der Waals surface area contributed by atoms with Crippen molar-refractivity contribution < 1.29 is 14.3 Å². The fourth-order valence-corrected chi connectivity index (χ4v) is 5.62. The first kappa shape index (κ1) is 21.0. The summed E-state index contributed by atoms with van der Waals surface area (Å²) in [6, 6.07) is 6.40. The quantitative estimate of drug-likeness (QED) is 0.674. The molecule has 7 heteroatoms. The Morgan fingerprint density at radius 1 is 1.16 bits per heavy atom. The largest absolute Gasteiger partial charge is 0.461 e. The first-order chi connectivity index (χ1) is 15.4. The fourth-order valence-electron chi connectivity index (χ4n) is 5.62. The molecule has 2 aliphatic carbocycles. The highest BCUT2D eigenvalue weighted by atomic mass is 16.5. The van der Waals surface area contributed by atoms with Gasteiger partial charge in [-0.15, -0.1) is 0 Å². The third-order valence-corrected chi connectivity index (χ3v) is 7.73. The maximum Gasteiger partial charge on any atom is 0.359 e. The lowest BCUT2D eigenvalue weighted by atomic mass is 10.1. The highest BCUT2D eigenvalue weighted by molar-refractivity contribution is 5.90. The molecule has 32 heavy (non-hydrogen) atoms. The monoisotopic (exact) mass is 436 g/mol. The van der Waals surface area contributed by atoms with Crippen LogP contribution in [-0.4, -0.2) is 59.3 Å². The first-order valence-corrected chi connectivity index (χ1v) is 11.8. The van der Waals surface area contributed by atoms with Gasteiger partial charge in [0, 0.05) is 43.1 Å². The zero-order chi connectivity index (χ0) is 22.6. The number of nitrogens with zero attached hydrogens (tertiary/aromatic N) is 4. The van der Waals surface area contributed by atoms with Crippen LogP contribution in [0.2, 0.25) is 0 Å². The van der Waals surface area contributed by atoms with Gasteiger partial charge in [0.25, 0.3) is 0 Å². The molecule has 2 aromatic rings. The summed E-state index contributed by atoms with van der Waals surface area (Å²) >= 11 is 0. The highest BCUT2D eigenvalue weighted by Gasteiger charge is 2.56. The van der Waals surface area contributed by atoms with Gasteiger partial charge in [-0.25, -0.2) is 4.79 Å². The average Bonchev–Trinajstić information content (AvgIpc) is 3.11. The van der Waals surface area contributed by atoms with E-state index in [0.29, 0.717) is 43.1 Å². The highest BCUT2D eigenvalue weighted by Crippen LogP contribution is 2.62. The predicted molar refractivity (Wildman–Crippen MR) is 122 cm³/mol. The number of hydrogen-bond donors (Lipinski definition) is 0. The van der Waals surface area contributed by atoms with Crippen molar-refractivity contribution in [2.45, 2.75) is 46.6 Å². The number of esters is 1. The van der Waals surface area contributed by atoms with E-state index in [0.717, 1.165) is 30.8 Å². The SMILES string of the molecule is CCOC(=O)c1nn(CC(=O)N2CCN(c3cccc(C)c3C)CC2)c2c1[C@@H]1[C@H](C)[C@@H]1C2. The summed E-state index contributed by atoms with van der Waals surface area (Å²) in [6.45, 7) is 11.9. The van der Waals surface area contributed by atoms with E-state index in [9.17, 15) is 9.59 Å². The molecule has 5 rings (SSSR count). The van der Waals surface area contributed by atoms with Crippen LogP contribution < -0.4 is 4.90 Å². The summed E-state index contributed by atoms with van der Waals surface area (Å²) in [6.07, 6.45) is 0.904. The molecule has 2 heterocycles. The van der Waals surface area contributed by atoms with Crippen molar-refractivity contribution in [3.8, 4) is 0 Å². The zero-order valence-corrected chi connectivity index (χ0v) is 19.4. The van der Waals surface area contributed by atoms with Gasteiger partial charge in [0.1, 0.15) is 6.54 Å². The number of amides is 1. The molecule has 0 unspecified atom stereocenters. The van der Waals surface area contributed by atoms with Crippen molar-refractivity contribution in [1.29, 1.82) is 0 Å². The summed E-state index contributed by atoms with van der Waals surface area (Å²) in [7, 11) is 0. The van der Waals surface area contributed by atoms with E-state index in [1.807, 2.05) is 4.90 Å². The molecule has 7 nitrogen and oxygen atoms in total. The summed E-state index contributed by atoms with van der Waals surface area (Å²) in [5.74, 6) is 1.27. The van der Waals surface area contributed by atoms with Gasteiger partial charge in [-0.1, -0.05) is 19.1 Å². The smallest absolute Gasteiger partial charge is 0.359 e. The Kier molecular flexibility index (Phi) is 5.22. The number of fused-ring (bicyclic) bond motifs is 3. The van der Waals surface area contributed by atoms with Gasteiger partial charge in [-0.2, -0.15) is 5.10 Å². The first-order valence-electron chi connectivity index (χ1n) is 11.8. The topological polar surface area (TPSA) is 67.7 Å². The Morgan fingerprint density at radius 3 is 2.62 bits per heavy atom. The predicted octanol–water partition coefficient (Wildman–Crippen LogP) is 2.93. The molecular weight excluding hydrogens is 404 g/mol. The van der Waals surface area contributed by atoms with E-state index in [2.05, 4.69) is 49.0 Å². The van der Waals surface area contributed by atoms with E-state index in [1.165, 1.54) is 16.8 Å². The lowest BCUT2D eigenvalue weighted by Crippen LogP contribution is -2.50. The Hall–Kier alpha value is -2.83. The summed E-state index contributed by atoms with van der Waals surface area (Å²) in [4.78, 5) is 29.9. The standard InChI is InChI=1S/C25H32N4O3/c1-5-32-25(31)24-23-20(13-18-17(4)22(18)23)29(26-24)14-21(30)28-11-9-27(10-12-28)19-8-6-7-15(2)16(19)3/h6-8,17-18,22H,5,9-14H2,1-4H3/t17-,18+,22-/m1/s1. The van der Waals surface area contributed by atoms with Crippen LogP contribution in [0, 0.1) is 25.7 Å². The third-order valence-electron chi connectivity index (χ3n) is 7.73. The molecule has 0 radical (unpaired) electrons. The molecule has 3 atom stereocenters. The molecule has 1 aliphatic heterocycles. The third kappa shape index (κ3) is 3.38. The fraction of sp³-hybridized carbons (Fsp3) is 0.560. The van der Waals surface area contributed by atoms with Crippen LogP contribution >= 0.6 is 0 Å².